The number of nitrogens with one attached hydrogen (secondary N) is 1. The van der Waals surface area contributed by atoms with Gasteiger partial charge in [-0.25, -0.2) is 0 Å². The molecule has 0 saturated carbocycles. The number of aromatic hydroxyl groups is 1. The molecule has 2 aromatic carbocycles. The third-order valence-corrected chi connectivity index (χ3v) is 6.13. The van der Waals surface area contributed by atoms with Crippen molar-refractivity contribution in [2.24, 2.45) is 4.99 Å². The van der Waals surface area contributed by atoms with Crippen LogP contribution in [0.2, 0.25) is 0 Å². The molecule has 2 heterocycles. The van der Waals surface area contributed by atoms with E-state index in [9.17, 15) is 5.11 Å². The predicted molar refractivity (Wildman–Crippen MR) is 119 cm³/mol. The van der Waals surface area contributed by atoms with Crippen LogP contribution in [0.5, 0.6) is 17.2 Å². The zero-order chi connectivity index (χ0) is 21.1. The van der Waals surface area contributed by atoms with Gasteiger partial charge in [0.2, 0.25) is 0 Å². The van der Waals surface area contributed by atoms with Crippen LogP contribution in [0.25, 0.3) is 0 Å². The summed E-state index contributed by atoms with van der Waals surface area (Å²) in [5, 5.41) is 14.7. The third-order valence-electron chi connectivity index (χ3n) is 6.13. The molecule has 0 aromatic heterocycles. The predicted octanol–water partition coefficient (Wildman–Crippen LogP) is 3.75. The average molecular weight is 410 g/mol. The van der Waals surface area contributed by atoms with Gasteiger partial charge in [0.05, 0.1) is 13.7 Å². The lowest BCUT2D eigenvalue weighted by molar-refractivity contribution is 0.144. The number of phenols is 1. The standard InChI is InChI=1S/C24H31N3O3/c1-4-30-22-7-5-6-19(23(22)28)21-16-20(17-8-10-18(29-3)11-9-17)25-24(26-21)12-14-27(2)15-13-24/h5-11,21,26,28H,4,12-16H2,1-3H3/t21-/m0/s1. The molecule has 0 radical (unpaired) electrons. The summed E-state index contributed by atoms with van der Waals surface area (Å²) in [6.07, 6.45) is 2.57. The van der Waals surface area contributed by atoms with Crippen LogP contribution in [0.4, 0.5) is 0 Å². The van der Waals surface area contributed by atoms with Gasteiger partial charge in [0, 0.05) is 36.8 Å². The number of rotatable bonds is 5. The topological polar surface area (TPSA) is 66.3 Å². The van der Waals surface area contributed by atoms with Crippen molar-refractivity contribution in [3.8, 4) is 17.2 Å². The van der Waals surface area contributed by atoms with Crippen molar-refractivity contribution in [3.05, 3.63) is 53.6 Å². The molecule has 1 fully saturated rings. The summed E-state index contributed by atoms with van der Waals surface area (Å²) in [6.45, 7) is 4.42. The van der Waals surface area contributed by atoms with Crippen molar-refractivity contribution in [1.82, 2.24) is 10.2 Å². The highest BCUT2D eigenvalue weighted by atomic mass is 16.5. The molecule has 6 nitrogen and oxygen atoms in total. The average Bonchev–Trinajstić information content (AvgIpc) is 2.77. The molecule has 1 saturated heterocycles. The fraction of sp³-hybridized carbons (Fsp3) is 0.458. The summed E-state index contributed by atoms with van der Waals surface area (Å²) in [6, 6.07) is 13.8. The Kier molecular flexibility index (Phi) is 5.97. The second kappa shape index (κ2) is 8.66. The Morgan fingerprint density at radius 3 is 2.57 bits per heavy atom. The molecule has 2 aromatic rings. The molecule has 0 aliphatic carbocycles. The molecular weight excluding hydrogens is 378 g/mol. The minimum atomic E-state index is -0.321. The van der Waals surface area contributed by atoms with Crippen molar-refractivity contribution in [3.63, 3.8) is 0 Å². The molecule has 2 aliphatic rings. The molecule has 0 bridgehead atoms. The number of phenolic OH excluding ortho intramolecular Hbond substituents is 1. The van der Waals surface area contributed by atoms with Gasteiger partial charge in [0.15, 0.2) is 11.5 Å². The zero-order valence-corrected chi connectivity index (χ0v) is 18.0. The first kappa shape index (κ1) is 20.7. The Hall–Kier alpha value is -2.57. The number of likely N-dealkylation sites (tertiary alicyclic amines) is 1. The normalized spacial score (nSPS) is 21.3. The number of aliphatic imine (C=N–C) groups is 1. The Balaban J connectivity index is 1.71. The maximum Gasteiger partial charge on any atom is 0.162 e. The first-order valence-electron chi connectivity index (χ1n) is 10.7. The summed E-state index contributed by atoms with van der Waals surface area (Å²) >= 11 is 0. The summed E-state index contributed by atoms with van der Waals surface area (Å²) < 4.78 is 10.9. The van der Waals surface area contributed by atoms with Crippen molar-refractivity contribution in [2.75, 3.05) is 33.9 Å². The quantitative estimate of drug-likeness (QED) is 0.787. The molecule has 2 N–H and O–H groups in total. The maximum atomic E-state index is 10.9. The fourth-order valence-electron chi connectivity index (χ4n) is 4.40. The van der Waals surface area contributed by atoms with Gasteiger partial charge in [-0.05, 0) is 62.7 Å². The van der Waals surface area contributed by atoms with Gasteiger partial charge in [-0.1, -0.05) is 12.1 Å². The molecule has 1 spiro atoms. The van der Waals surface area contributed by atoms with E-state index in [1.807, 2.05) is 37.3 Å². The molecule has 4 rings (SSSR count). The summed E-state index contributed by atoms with van der Waals surface area (Å²) in [5.74, 6) is 1.58. The highest BCUT2D eigenvalue weighted by Gasteiger charge is 2.40. The largest absolute Gasteiger partial charge is 0.504 e. The van der Waals surface area contributed by atoms with E-state index in [2.05, 4.69) is 29.4 Å². The third kappa shape index (κ3) is 4.16. The van der Waals surface area contributed by atoms with E-state index in [1.165, 1.54) is 0 Å². The molecular formula is C24H31N3O3. The second-order valence-corrected chi connectivity index (χ2v) is 8.15. The van der Waals surface area contributed by atoms with E-state index in [0.717, 1.165) is 48.5 Å². The monoisotopic (exact) mass is 409 g/mol. The van der Waals surface area contributed by atoms with Gasteiger partial charge in [-0.15, -0.1) is 0 Å². The SMILES string of the molecule is CCOc1cccc([C@@H]2CC(c3ccc(OC)cc3)=NC3(CCN(C)CC3)N2)c1O. The lowest BCUT2D eigenvalue weighted by Crippen LogP contribution is -2.55. The van der Waals surface area contributed by atoms with Gasteiger partial charge in [-0.2, -0.15) is 0 Å². The van der Waals surface area contributed by atoms with E-state index in [4.69, 9.17) is 14.5 Å². The van der Waals surface area contributed by atoms with E-state index in [1.54, 1.807) is 7.11 Å². The van der Waals surface area contributed by atoms with Crippen LogP contribution in [-0.2, 0) is 0 Å². The number of hydrogen-bond donors (Lipinski definition) is 2. The number of para-hydroxylation sites is 1. The number of nitrogens with zero attached hydrogens (tertiary/aromatic N) is 2. The minimum absolute atomic E-state index is 0.0385. The zero-order valence-electron chi connectivity index (χ0n) is 18.0. The number of hydrogen-bond acceptors (Lipinski definition) is 6. The Morgan fingerprint density at radius 1 is 1.17 bits per heavy atom. The fourth-order valence-corrected chi connectivity index (χ4v) is 4.40. The Labute approximate surface area is 178 Å². The summed E-state index contributed by atoms with van der Waals surface area (Å²) in [4.78, 5) is 7.56. The lowest BCUT2D eigenvalue weighted by Gasteiger charge is -2.44. The van der Waals surface area contributed by atoms with Crippen molar-refractivity contribution in [2.45, 2.75) is 37.9 Å². The Morgan fingerprint density at radius 2 is 1.90 bits per heavy atom. The molecule has 2 aliphatic heterocycles. The van der Waals surface area contributed by atoms with E-state index >= 15 is 0 Å². The number of benzene rings is 2. The molecule has 0 amide bonds. The van der Waals surface area contributed by atoms with Gasteiger partial charge in [0.1, 0.15) is 11.4 Å². The number of ether oxygens (including phenoxy) is 2. The van der Waals surface area contributed by atoms with E-state index in [-0.39, 0.29) is 17.5 Å². The molecule has 0 unspecified atom stereocenters. The highest BCUT2D eigenvalue weighted by molar-refractivity contribution is 6.02. The van der Waals surface area contributed by atoms with E-state index in [0.29, 0.717) is 18.8 Å². The van der Waals surface area contributed by atoms with Gasteiger partial charge < -0.3 is 19.5 Å². The smallest absolute Gasteiger partial charge is 0.162 e. The van der Waals surface area contributed by atoms with E-state index < -0.39 is 0 Å². The van der Waals surface area contributed by atoms with Crippen molar-refractivity contribution >= 4 is 5.71 Å². The van der Waals surface area contributed by atoms with Crippen LogP contribution in [0.15, 0.2) is 47.5 Å². The summed E-state index contributed by atoms with van der Waals surface area (Å²) in [7, 11) is 3.83. The first-order valence-corrected chi connectivity index (χ1v) is 10.7. The van der Waals surface area contributed by atoms with Crippen LogP contribution in [0.3, 0.4) is 0 Å². The second-order valence-electron chi connectivity index (χ2n) is 8.15. The van der Waals surface area contributed by atoms with Crippen LogP contribution in [0.1, 0.15) is 43.4 Å². The lowest BCUT2D eigenvalue weighted by atomic mass is 9.87. The molecule has 6 heteroatoms. The molecule has 160 valence electrons. The van der Waals surface area contributed by atoms with Gasteiger partial charge in [-0.3, -0.25) is 10.3 Å². The first-order chi connectivity index (χ1) is 14.5. The van der Waals surface area contributed by atoms with Crippen molar-refractivity contribution in [1.29, 1.82) is 0 Å². The highest BCUT2D eigenvalue weighted by Crippen LogP contribution is 2.40. The number of methoxy groups -OCH3 is 1. The van der Waals surface area contributed by atoms with Crippen LogP contribution in [0, 0.1) is 0 Å². The van der Waals surface area contributed by atoms with Crippen molar-refractivity contribution < 1.29 is 14.6 Å². The van der Waals surface area contributed by atoms with Crippen LogP contribution >= 0.6 is 0 Å². The molecule has 30 heavy (non-hydrogen) atoms. The maximum absolute atomic E-state index is 10.9. The van der Waals surface area contributed by atoms with Crippen LogP contribution < -0.4 is 14.8 Å². The van der Waals surface area contributed by atoms with Crippen LogP contribution in [-0.4, -0.2) is 55.2 Å². The van der Waals surface area contributed by atoms with Gasteiger partial charge in [0.25, 0.3) is 0 Å². The molecule has 1 atom stereocenters. The Bertz CT molecular complexity index is 902. The van der Waals surface area contributed by atoms with Gasteiger partial charge >= 0.3 is 0 Å². The number of piperidine rings is 1. The minimum Gasteiger partial charge on any atom is -0.504 e. The summed E-state index contributed by atoms with van der Waals surface area (Å²) in [5.41, 5.74) is 2.70.